The average molecular weight is 273 g/mol. The largest absolute Gasteiger partial charge is 0.356 e. The molecule has 1 N–H and O–H groups in total. The summed E-state index contributed by atoms with van der Waals surface area (Å²) < 4.78 is 0. The zero-order valence-electron chi connectivity index (χ0n) is 11.2. The Bertz CT molecular complexity index is 502. The Hall–Kier alpha value is -1.61. The second kappa shape index (κ2) is 7.10. The van der Waals surface area contributed by atoms with Crippen LogP contribution in [0.2, 0.25) is 0 Å². The maximum absolute atomic E-state index is 11.7. The number of hydrogen-bond acceptors (Lipinski definition) is 2. The maximum atomic E-state index is 11.7. The maximum Gasteiger partial charge on any atom is 0.220 e. The number of carbonyl (C=O) groups excluding carboxylic acids is 1. The average Bonchev–Trinajstić information content (AvgIpc) is 2.91. The first-order valence-electron chi connectivity index (χ1n) is 6.58. The second-order valence-corrected chi connectivity index (χ2v) is 5.70. The van der Waals surface area contributed by atoms with Crippen LogP contribution in [0.15, 0.2) is 41.8 Å². The number of hydrogen-bond donors (Lipinski definition) is 1. The van der Waals surface area contributed by atoms with Crippen LogP contribution in [0.3, 0.4) is 0 Å². The summed E-state index contributed by atoms with van der Waals surface area (Å²) in [4.78, 5) is 13.0. The molecule has 0 aliphatic heterocycles. The molecule has 0 saturated heterocycles. The van der Waals surface area contributed by atoms with Gasteiger partial charge in [-0.2, -0.15) is 0 Å². The highest BCUT2D eigenvalue weighted by atomic mass is 32.1. The van der Waals surface area contributed by atoms with E-state index in [1.807, 2.05) is 6.07 Å². The minimum Gasteiger partial charge on any atom is -0.356 e. The quantitative estimate of drug-likeness (QED) is 0.859. The van der Waals surface area contributed by atoms with E-state index in [9.17, 15) is 4.79 Å². The van der Waals surface area contributed by atoms with Gasteiger partial charge in [-0.1, -0.05) is 35.9 Å². The van der Waals surface area contributed by atoms with Crippen LogP contribution in [0, 0.1) is 6.92 Å². The predicted molar refractivity (Wildman–Crippen MR) is 80.5 cm³/mol. The summed E-state index contributed by atoms with van der Waals surface area (Å²) in [6.45, 7) is 2.80. The van der Waals surface area contributed by atoms with Gasteiger partial charge in [0.2, 0.25) is 5.91 Å². The van der Waals surface area contributed by atoms with Crippen LogP contribution in [0.5, 0.6) is 0 Å². The van der Waals surface area contributed by atoms with Crippen molar-refractivity contribution in [1.82, 2.24) is 5.32 Å². The Labute approximate surface area is 118 Å². The van der Waals surface area contributed by atoms with E-state index >= 15 is 0 Å². The number of nitrogens with one attached hydrogen (secondary N) is 1. The molecule has 100 valence electrons. The molecule has 0 radical (unpaired) electrons. The van der Waals surface area contributed by atoms with Gasteiger partial charge >= 0.3 is 0 Å². The minimum absolute atomic E-state index is 0.136. The lowest BCUT2D eigenvalue weighted by molar-refractivity contribution is -0.121. The van der Waals surface area contributed by atoms with Gasteiger partial charge in [-0.3, -0.25) is 4.79 Å². The van der Waals surface area contributed by atoms with Gasteiger partial charge in [0, 0.05) is 17.8 Å². The van der Waals surface area contributed by atoms with E-state index < -0.39 is 0 Å². The summed E-state index contributed by atoms with van der Waals surface area (Å²) in [5, 5.41) is 5.03. The van der Waals surface area contributed by atoms with E-state index in [0.29, 0.717) is 6.42 Å². The number of aryl methyl sites for hydroxylation is 2. The first kappa shape index (κ1) is 13.8. The first-order chi connectivity index (χ1) is 9.24. The van der Waals surface area contributed by atoms with E-state index in [2.05, 4.69) is 48.0 Å². The molecule has 2 rings (SSSR count). The highest BCUT2D eigenvalue weighted by Crippen LogP contribution is 2.08. The van der Waals surface area contributed by atoms with Crippen molar-refractivity contribution in [1.29, 1.82) is 0 Å². The molecule has 0 bridgehead atoms. The highest BCUT2D eigenvalue weighted by molar-refractivity contribution is 7.09. The highest BCUT2D eigenvalue weighted by Gasteiger charge is 2.02. The van der Waals surface area contributed by atoms with Crippen LogP contribution < -0.4 is 5.32 Å². The zero-order chi connectivity index (χ0) is 13.5. The summed E-state index contributed by atoms with van der Waals surface area (Å²) in [5.41, 5.74) is 2.48. The summed E-state index contributed by atoms with van der Waals surface area (Å²) in [7, 11) is 0. The summed E-state index contributed by atoms with van der Waals surface area (Å²) >= 11 is 1.73. The van der Waals surface area contributed by atoms with E-state index in [-0.39, 0.29) is 5.91 Å². The molecule has 3 heteroatoms. The number of thiophene rings is 1. The van der Waals surface area contributed by atoms with Gasteiger partial charge in [-0.25, -0.2) is 0 Å². The van der Waals surface area contributed by atoms with Crippen molar-refractivity contribution < 1.29 is 4.79 Å². The lowest BCUT2D eigenvalue weighted by atomic mass is 10.1. The van der Waals surface area contributed by atoms with Crippen molar-refractivity contribution in [3.8, 4) is 0 Å². The van der Waals surface area contributed by atoms with Crippen LogP contribution in [0.4, 0.5) is 0 Å². The minimum atomic E-state index is 0.136. The van der Waals surface area contributed by atoms with Crippen molar-refractivity contribution in [2.45, 2.75) is 26.2 Å². The second-order valence-electron chi connectivity index (χ2n) is 4.66. The van der Waals surface area contributed by atoms with Crippen LogP contribution in [0.25, 0.3) is 0 Å². The van der Waals surface area contributed by atoms with Crippen LogP contribution in [-0.2, 0) is 17.6 Å². The lowest BCUT2D eigenvalue weighted by Crippen LogP contribution is -2.25. The Morgan fingerprint density at radius 1 is 1.16 bits per heavy atom. The Morgan fingerprint density at radius 2 is 1.95 bits per heavy atom. The molecule has 0 saturated carbocycles. The van der Waals surface area contributed by atoms with Gasteiger partial charge < -0.3 is 5.32 Å². The standard InChI is InChI=1S/C16H19NOS/c1-13-4-6-14(7-5-13)8-9-16(18)17-11-10-15-3-2-12-19-15/h2-7,12H,8-11H2,1H3,(H,17,18). The SMILES string of the molecule is Cc1ccc(CCC(=O)NCCc2cccs2)cc1. The molecule has 1 aromatic heterocycles. The van der Waals surface area contributed by atoms with Crippen molar-refractivity contribution in [2.75, 3.05) is 6.54 Å². The zero-order valence-corrected chi connectivity index (χ0v) is 12.0. The lowest BCUT2D eigenvalue weighted by Gasteiger charge is -2.05. The smallest absolute Gasteiger partial charge is 0.220 e. The van der Waals surface area contributed by atoms with Crippen molar-refractivity contribution >= 4 is 17.2 Å². The number of carbonyl (C=O) groups is 1. The van der Waals surface area contributed by atoms with E-state index in [4.69, 9.17) is 0 Å². The first-order valence-corrected chi connectivity index (χ1v) is 7.46. The molecule has 0 fully saturated rings. The molecule has 0 spiro atoms. The van der Waals surface area contributed by atoms with Crippen LogP contribution >= 0.6 is 11.3 Å². The van der Waals surface area contributed by atoms with Gasteiger partial charge in [-0.15, -0.1) is 11.3 Å². The fourth-order valence-electron chi connectivity index (χ4n) is 1.88. The van der Waals surface area contributed by atoms with E-state index in [0.717, 1.165) is 19.4 Å². The molecule has 0 unspecified atom stereocenters. The molecule has 0 atom stereocenters. The van der Waals surface area contributed by atoms with Crippen molar-refractivity contribution in [3.63, 3.8) is 0 Å². The Balaban J connectivity index is 1.65. The van der Waals surface area contributed by atoms with Gasteiger partial charge in [-0.05, 0) is 36.8 Å². The number of benzene rings is 1. The normalized spacial score (nSPS) is 10.4. The molecular weight excluding hydrogens is 254 g/mol. The van der Waals surface area contributed by atoms with E-state index in [1.54, 1.807) is 11.3 Å². The van der Waals surface area contributed by atoms with Gasteiger partial charge in [0.1, 0.15) is 0 Å². The molecule has 1 heterocycles. The molecule has 0 aliphatic carbocycles. The third-order valence-electron chi connectivity index (χ3n) is 3.04. The summed E-state index contributed by atoms with van der Waals surface area (Å²) in [6, 6.07) is 12.5. The molecule has 2 aromatic rings. The van der Waals surface area contributed by atoms with E-state index in [1.165, 1.54) is 16.0 Å². The third-order valence-corrected chi connectivity index (χ3v) is 3.97. The predicted octanol–water partition coefficient (Wildman–Crippen LogP) is 3.35. The molecule has 2 nitrogen and oxygen atoms in total. The molecular formula is C16H19NOS. The fourth-order valence-corrected chi connectivity index (χ4v) is 2.59. The summed E-state index contributed by atoms with van der Waals surface area (Å²) in [5.74, 6) is 0.136. The van der Waals surface area contributed by atoms with Gasteiger partial charge in [0.25, 0.3) is 0 Å². The van der Waals surface area contributed by atoms with Gasteiger partial charge in [0.05, 0.1) is 0 Å². The van der Waals surface area contributed by atoms with Gasteiger partial charge in [0.15, 0.2) is 0 Å². The third kappa shape index (κ3) is 4.87. The Morgan fingerprint density at radius 3 is 2.63 bits per heavy atom. The van der Waals surface area contributed by atoms with Crippen molar-refractivity contribution in [3.05, 3.63) is 57.8 Å². The van der Waals surface area contributed by atoms with Crippen molar-refractivity contribution in [2.24, 2.45) is 0 Å². The van der Waals surface area contributed by atoms with Crippen LogP contribution in [0.1, 0.15) is 22.4 Å². The molecule has 19 heavy (non-hydrogen) atoms. The molecule has 1 aromatic carbocycles. The number of rotatable bonds is 6. The van der Waals surface area contributed by atoms with Crippen LogP contribution in [-0.4, -0.2) is 12.5 Å². The monoisotopic (exact) mass is 273 g/mol. The Kier molecular flexibility index (Phi) is 5.16. The summed E-state index contributed by atoms with van der Waals surface area (Å²) in [6.07, 6.45) is 2.30. The topological polar surface area (TPSA) is 29.1 Å². The molecule has 0 aliphatic rings. The fraction of sp³-hybridized carbons (Fsp3) is 0.312. The number of amides is 1. The molecule has 1 amide bonds.